The number of nitrogens with zero attached hydrogens (tertiary/aromatic N) is 4. The van der Waals surface area contributed by atoms with E-state index >= 15 is 0 Å². The van der Waals surface area contributed by atoms with Crippen LogP contribution in [0, 0.1) is 5.41 Å². The number of methoxy groups -OCH3 is 1. The van der Waals surface area contributed by atoms with E-state index in [-0.39, 0.29) is 17.3 Å². The van der Waals surface area contributed by atoms with Gasteiger partial charge in [0, 0.05) is 30.2 Å². The van der Waals surface area contributed by atoms with Crippen LogP contribution in [0.1, 0.15) is 30.0 Å². The maximum atomic E-state index is 6.74. The minimum atomic E-state index is 0.0352. The third-order valence-corrected chi connectivity index (χ3v) is 8.39. The number of hydrogen-bond acceptors (Lipinski definition) is 9. The van der Waals surface area contributed by atoms with Gasteiger partial charge in [-0.05, 0) is 54.0 Å². The molecule has 1 aromatic carbocycles. The second-order valence-electron chi connectivity index (χ2n) is 8.60. The van der Waals surface area contributed by atoms with Gasteiger partial charge in [-0.3, -0.25) is 0 Å². The number of ether oxygens (including phenoxy) is 1. The number of fused-ring (bicyclic) bond motifs is 1. The molecule has 6 N–H and O–H groups in total. The van der Waals surface area contributed by atoms with Crippen LogP contribution < -0.4 is 26.8 Å². The molecule has 1 saturated heterocycles. The van der Waals surface area contributed by atoms with Gasteiger partial charge in [0.1, 0.15) is 22.4 Å². The van der Waals surface area contributed by atoms with Gasteiger partial charge in [0.15, 0.2) is 5.82 Å². The molecule has 10 heteroatoms. The van der Waals surface area contributed by atoms with Crippen molar-refractivity contribution in [2.75, 3.05) is 36.6 Å². The first-order valence-electron chi connectivity index (χ1n) is 10.8. The van der Waals surface area contributed by atoms with Crippen molar-refractivity contribution in [3.8, 4) is 5.75 Å². The fourth-order valence-corrected chi connectivity index (χ4v) is 5.91. The quantitative estimate of drug-likeness (QED) is 0.508. The van der Waals surface area contributed by atoms with Crippen molar-refractivity contribution >= 4 is 40.8 Å². The highest BCUT2D eigenvalue weighted by Gasteiger charge is 2.46. The Kier molecular flexibility index (Phi) is 5.72. The van der Waals surface area contributed by atoms with Crippen LogP contribution in [-0.2, 0) is 6.42 Å². The van der Waals surface area contributed by atoms with Crippen molar-refractivity contribution in [3.05, 3.63) is 52.8 Å². The number of piperidine rings is 1. The molecule has 1 spiro atoms. The Bertz CT molecular complexity index is 1200. The van der Waals surface area contributed by atoms with Gasteiger partial charge in [-0.2, -0.15) is 0 Å². The number of pyridine rings is 1. The second kappa shape index (κ2) is 8.55. The van der Waals surface area contributed by atoms with Crippen molar-refractivity contribution in [2.24, 2.45) is 11.1 Å². The zero-order valence-corrected chi connectivity index (χ0v) is 19.9. The van der Waals surface area contributed by atoms with E-state index in [0.717, 1.165) is 48.8 Å². The zero-order valence-electron chi connectivity index (χ0n) is 18.3. The van der Waals surface area contributed by atoms with E-state index < -0.39 is 0 Å². The maximum Gasteiger partial charge on any atom is 0.158 e. The fraction of sp³-hybridized carbons (Fsp3) is 0.348. The van der Waals surface area contributed by atoms with Crippen LogP contribution in [0.3, 0.4) is 0 Å². The lowest BCUT2D eigenvalue weighted by molar-refractivity contribution is 0.187. The SMILES string of the molecule is COc1ccc2c(c1)CC1(CCN(c3cnc(Sc4ccnc(N)c4Cl)c(N)n3)CC1)C2N. The Labute approximate surface area is 201 Å². The number of anilines is 3. The summed E-state index contributed by atoms with van der Waals surface area (Å²) in [6.07, 6.45) is 6.31. The number of halogens is 1. The van der Waals surface area contributed by atoms with Gasteiger partial charge in [-0.25, -0.2) is 15.0 Å². The molecule has 0 saturated carbocycles. The molecule has 0 bridgehead atoms. The Hall–Kier alpha value is -2.75. The van der Waals surface area contributed by atoms with E-state index in [0.29, 0.717) is 15.9 Å². The summed E-state index contributed by atoms with van der Waals surface area (Å²) in [4.78, 5) is 16.1. The van der Waals surface area contributed by atoms with Crippen LogP contribution in [0.5, 0.6) is 5.75 Å². The van der Waals surface area contributed by atoms with Crippen LogP contribution in [0.2, 0.25) is 5.02 Å². The van der Waals surface area contributed by atoms with Crippen molar-refractivity contribution < 1.29 is 4.74 Å². The third-order valence-electron chi connectivity index (χ3n) is 6.81. The van der Waals surface area contributed by atoms with Crippen molar-refractivity contribution in [1.82, 2.24) is 15.0 Å². The molecular weight excluding hydrogens is 458 g/mol. The predicted octanol–water partition coefficient (Wildman–Crippen LogP) is 3.69. The molecule has 2 aliphatic rings. The lowest BCUT2D eigenvalue weighted by Gasteiger charge is -2.42. The van der Waals surface area contributed by atoms with Gasteiger partial charge in [0.2, 0.25) is 0 Å². The molecule has 0 amide bonds. The number of rotatable bonds is 4. The topological polar surface area (TPSA) is 129 Å². The van der Waals surface area contributed by atoms with Crippen LogP contribution >= 0.6 is 23.4 Å². The maximum absolute atomic E-state index is 6.74. The van der Waals surface area contributed by atoms with Crippen molar-refractivity contribution in [3.63, 3.8) is 0 Å². The highest BCUT2D eigenvalue weighted by molar-refractivity contribution is 7.99. The van der Waals surface area contributed by atoms with Gasteiger partial charge >= 0.3 is 0 Å². The molecule has 1 aliphatic heterocycles. The predicted molar refractivity (Wildman–Crippen MR) is 132 cm³/mol. The third kappa shape index (κ3) is 3.94. The monoisotopic (exact) mass is 483 g/mol. The Morgan fingerprint density at radius 2 is 1.94 bits per heavy atom. The Balaban J connectivity index is 1.29. The fourth-order valence-electron chi connectivity index (χ4n) is 4.89. The Morgan fingerprint density at radius 1 is 1.15 bits per heavy atom. The average Bonchev–Trinajstić information content (AvgIpc) is 3.09. The van der Waals surface area contributed by atoms with Gasteiger partial charge in [0.25, 0.3) is 0 Å². The summed E-state index contributed by atoms with van der Waals surface area (Å²) in [5.74, 6) is 2.30. The van der Waals surface area contributed by atoms with Gasteiger partial charge in [-0.15, -0.1) is 0 Å². The van der Waals surface area contributed by atoms with Crippen molar-refractivity contribution in [1.29, 1.82) is 0 Å². The summed E-state index contributed by atoms with van der Waals surface area (Å²) in [5, 5.41) is 0.975. The van der Waals surface area contributed by atoms with Crippen LogP contribution in [0.25, 0.3) is 0 Å². The van der Waals surface area contributed by atoms with E-state index in [9.17, 15) is 0 Å². The lowest BCUT2D eigenvalue weighted by atomic mass is 9.73. The highest BCUT2D eigenvalue weighted by atomic mass is 35.5. The summed E-state index contributed by atoms with van der Waals surface area (Å²) in [6, 6.07) is 8.05. The first-order chi connectivity index (χ1) is 15.9. The normalized spacial score (nSPS) is 19.0. The Morgan fingerprint density at radius 3 is 2.67 bits per heavy atom. The molecule has 1 fully saturated rings. The van der Waals surface area contributed by atoms with Crippen LogP contribution in [-0.4, -0.2) is 35.2 Å². The molecule has 3 aromatic rings. The standard InChI is InChI=1S/C23H26ClN7OS/c1-32-14-2-3-15-13(10-14)11-23(19(15)25)5-8-31(9-6-23)17-12-29-22(21(27)30-17)33-16-4-7-28-20(26)18(16)24/h2-4,7,10,12,19H,5-6,8-9,11,25H2,1H3,(H2,26,28)(H2,27,30). The molecule has 3 heterocycles. The highest BCUT2D eigenvalue weighted by Crippen LogP contribution is 2.51. The number of nitrogens with two attached hydrogens (primary N) is 3. The molecule has 33 heavy (non-hydrogen) atoms. The van der Waals surface area contributed by atoms with E-state index in [1.165, 1.54) is 22.9 Å². The van der Waals surface area contributed by atoms with Crippen LogP contribution in [0.15, 0.2) is 46.6 Å². The molecule has 8 nitrogen and oxygen atoms in total. The smallest absolute Gasteiger partial charge is 0.158 e. The van der Waals surface area contributed by atoms with E-state index in [1.54, 1.807) is 25.6 Å². The summed E-state index contributed by atoms with van der Waals surface area (Å²) >= 11 is 7.57. The molecule has 1 unspecified atom stereocenters. The van der Waals surface area contributed by atoms with Crippen molar-refractivity contribution in [2.45, 2.75) is 35.2 Å². The first kappa shape index (κ1) is 22.1. The molecule has 2 aromatic heterocycles. The molecule has 0 radical (unpaired) electrons. The average molecular weight is 484 g/mol. The van der Waals surface area contributed by atoms with E-state index in [2.05, 4.69) is 32.0 Å². The number of benzene rings is 1. The van der Waals surface area contributed by atoms with Crippen LogP contribution in [0.4, 0.5) is 17.5 Å². The summed E-state index contributed by atoms with van der Waals surface area (Å²) in [7, 11) is 1.70. The first-order valence-corrected chi connectivity index (χ1v) is 12.0. The number of aromatic nitrogens is 3. The van der Waals surface area contributed by atoms with E-state index in [1.807, 2.05) is 6.07 Å². The summed E-state index contributed by atoms with van der Waals surface area (Å²) in [5.41, 5.74) is 21.4. The minimum Gasteiger partial charge on any atom is -0.497 e. The molecular formula is C23H26ClN7OS. The molecule has 1 atom stereocenters. The zero-order chi connectivity index (χ0) is 23.2. The summed E-state index contributed by atoms with van der Waals surface area (Å²) in [6.45, 7) is 1.71. The molecule has 5 rings (SSSR count). The van der Waals surface area contributed by atoms with Gasteiger partial charge in [-0.1, -0.05) is 29.4 Å². The number of nitrogen functional groups attached to an aromatic ring is 2. The minimum absolute atomic E-state index is 0.0352. The largest absolute Gasteiger partial charge is 0.497 e. The van der Waals surface area contributed by atoms with Gasteiger partial charge in [0.05, 0.1) is 18.3 Å². The molecule has 1 aliphatic carbocycles. The number of hydrogen-bond donors (Lipinski definition) is 3. The molecule has 172 valence electrons. The van der Waals surface area contributed by atoms with Gasteiger partial charge < -0.3 is 26.8 Å². The lowest BCUT2D eigenvalue weighted by Crippen LogP contribution is -2.44. The second-order valence-corrected chi connectivity index (χ2v) is 10.0. The van der Waals surface area contributed by atoms with E-state index in [4.69, 9.17) is 33.5 Å². The summed E-state index contributed by atoms with van der Waals surface area (Å²) < 4.78 is 5.40.